The molecule has 0 aliphatic rings. The van der Waals surface area contributed by atoms with Crippen LogP contribution >= 0.6 is 0 Å². The molecule has 0 fully saturated rings. The van der Waals surface area contributed by atoms with Gasteiger partial charge in [0.15, 0.2) is 0 Å². The normalized spacial score (nSPS) is 7.77. The smallest absolute Gasteiger partial charge is 0.550 e. The zero-order valence-electron chi connectivity index (χ0n) is 12.9. The molecule has 0 aromatic rings. The molecule has 0 aliphatic heterocycles. The van der Waals surface area contributed by atoms with E-state index < -0.39 is 18.5 Å². The van der Waals surface area contributed by atoms with Crippen molar-refractivity contribution in [2.75, 3.05) is 19.8 Å². The fourth-order valence-electron chi connectivity index (χ4n) is 0.556. The molecule has 0 bridgehead atoms. The molecule has 0 saturated heterocycles. The molecular weight excluding hydrogens is 410 g/mol. The maximum Gasteiger partial charge on any atom is 3.00 e. The molecule has 22 heavy (non-hydrogen) atoms. The number of hydrogen-bond donors (Lipinski definition) is 0. The van der Waals surface area contributed by atoms with Crippen LogP contribution < -0.4 is 15.3 Å². The van der Waals surface area contributed by atoms with Gasteiger partial charge in [-0.3, -0.25) is 0 Å². The van der Waals surface area contributed by atoms with E-state index in [-0.39, 0.29) is 44.2 Å². The predicted molar refractivity (Wildman–Crippen MR) is 70.7 cm³/mol. The first kappa shape index (κ1) is 28.7. The van der Waals surface area contributed by atoms with Gasteiger partial charge in [0.2, 0.25) is 0 Å². The molecule has 0 aromatic heterocycles. The summed E-state index contributed by atoms with van der Waals surface area (Å²) in [5, 5.41) is 28.3. The molecule has 128 valence electrons. The van der Waals surface area contributed by atoms with Crippen LogP contribution in [0.2, 0.25) is 0 Å². The average molecular weight is 431 g/mol. The van der Waals surface area contributed by atoms with Crippen molar-refractivity contribution in [3.05, 3.63) is 0 Å². The summed E-state index contributed by atoms with van der Waals surface area (Å²) in [5.41, 5.74) is 0. The van der Waals surface area contributed by atoms with Crippen LogP contribution in [-0.4, -0.2) is 62.7 Å². The van der Waals surface area contributed by atoms with Crippen molar-refractivity contribution in [3.63, 3.8) is 0 Å². The average Bonchev–Trinajstić information content (AvgIpc) is 2.41. The number of carboxylic acid groups (broad SMARTS) is 3. The summed E-state index contributed by atoms with van der Waals surface area (Å²) in [5.74, 6) is 0. The van der Waals surface area contributed by atoms with Crippen molar-refractivity contribution in [1.82, 2.24) is 0 Å². The summed E-state index contributed by atoms with van der Waals surface area (Å²) >= 11 is 0. The minimum Gasteiger partial charge on any atom is -0.550 e. The van der Waals surface area contributed by atoms with Crippen molar-refractivity contribution in [2.24, 2.45) is 0 Å². The Morgan fingerprint density at radius 3 is 0.864 bits per heavy atom. The van der Waals surface area contributed by atoms with Gasteiger partial charge in [-0.25, -0.2) is 0 Å². The number of carbonyl (C=O) groups excluding carboxylic acids is 3. The monoisotopic (exact) mass is 430 g/mol. The summed E-state index contributed by atoms with van der Waals surface area (Å²) in [4.78, 5) is 28.3. The topological polar surface area (TPSA) is 148 Å². The van der Waals surface area contributed by atoms with Crippen molar-refractivity contribution in [1.29, 1.82) is 0 Å². The molecule has 0 atom stereocenters. The van der Waals surface area contributed by atoms with E-state index >= 15 is 0 Å². The summed E-state index contributed by atoms with van der Waals surface area (Å²) < 4.78 is 12.0. The molecular formula is C12H21O9Sb. The molecule has 0 unspecified atom stereocenters. The Balaban J connectivity index is -0.000000108. The summed E-state index contributed by atoms with van der Waals surface area (Å²) in [6, 6.07) is 0. The van der Waals surface area contributed by atoms with Gasteiger partial charge in [0, 0.05) is 19.8 Å². The fraction of sp³-hybridized carbons (Fsp3) is 0.750. The minimum absolute atomic E-state index is 0. The third-order valence-corrected chi connectivity index (χ3v) is 1.27. The maximum absolute atomic E-state index is 9.42. The number of hydrogen-bond acceptors (Lipinski definition) is 9. The Morgan fingerprint density at radius 2 is 0.818 bits per heavy atom. The maximum atomic E-state index is 9.42. The zero-order valence-corrected chi connectivity index (χ0v) is 15.4. The van der Waals surface area contributed by atoms with Crippen molar-refractivity contribution in [3.8, 4) is 0 Å². The van der Waals surface area contributed by atoms with Gasteiger partial charge in [0.1, 0.15) is 0 Å². The van der Waals surface area contributed by atoms with E-state index in [1.807, 2.05) is 20.8 Å². The van der Waals surface area contributed by atoms with Crippen LogP contribution in [-0.2, 0) is 14.2 Å². The molecule has 0 spiro atoms. The Kier molecular flexibility index (Phi) is 32.2. The van der Waals surface area contributed by atoms with Gasteiger partial charge < -0.3 is 43.9 Å². The van der Waals surface area contributed by atoms with Crippen LogP contribution in [0.1, 0.15) is 40.0 Å². The first-order chi connectivity index (χ1) is 9.81. The van der Waals surface area contributed by atoms with E-state index in [9.17, 15) is 29.7 Å². The molecule has 9 nitrogen and oxygen atoms in total. The van der Waals surface area contributed by atoms with E-state index in [2.05, 4.69) is 14.2 Å². The quantitative estimate of drug-likeness (QED) is 0.290. The molecule has 0 saturated carbocycles. The molecule has 0 aromatic carbocycles. The van der Waals surface area contributed by atoms with Gasteiger partial charge in [-0.2, -0.15) is 0 Å². The van der Waals surface area contributed by atoms with Crippen LogP contribution in [0.25, 0.3) is 0 Å². The van der Waals surface area contributed by atoms with E-state index in [0.717, 1.165) is 0 Å². The fourth-order valence-corrected chi connectivity index (χ4v) is 0.556. The Morgan fingerprint density at radius 1 is 0.636 bits per heavy atom. The van der Waals surface area contributed by atoms with Gasteiger partial charge in [-0.1, -0.05) is 20.8 Å². The number of carbonyl (C=O) groups is 3. The van der Waals surface area contributed by atoms with Crippen LogP contribution in [0.4, 0.5) is 14.4 Å². The van der Waals surface area contributed by atoms with Gasteiger partial charge in [0.05, 0.1) is 0 Å². The van der Waals surface area contributed by atoms with Crippen LogP contribution in [0.15, 0.2) is 0 Å². The van der Waals surface area contributed by atoms with E-state index in [1.54, 1.807) is 0 Å². The number of ether oxygens (including phenoxy) is 3. The standard InChI is InChI=1S/3C4H8O3.Sb/c3*1-2-3-7-4(5)6;/h3*2-3H2,1H3,(H,5,6);/q;;;+3/p-3. The predicted octanol–water partition coefficient (Wildman–Crippen LogP) is -1.11. The number of rotatable bonds is 6. The van der Waals surface area contributed by atoms with Gasteiger partial charge in [-0.05, 0) is 19.3 Å². The molecule has 0 amide bonds. The third kappa shape index (κ3) is 51.2. The second kappa shape index (κ2) is 24.6. The van der Waals surface area contributed by atoms with Crippen molar-refractivity contribution >= 4 is 42.9 Å². The van der Waals surface area contributed by atoms with E-state index in [4.69, 9.17) is 0 Å². The second-order valence-electron chi connectivity index (χ2n) is 3.30. The van der Waals surface area contributed by atoms with Crippen molar-refractivity contribution in [2.45, 2.75) is 40.0 Å². The molecule has 2 radical (unpaired) electrons. The van der Waals surface area contributed by atoms with E-state index in [0.29, 0.717) is 19.3 Å². The zero-order chi connectivity index (χ0) is 17.1. The minimum atomic E-state index is -1.44. The van der Waals surface area contributed by atoms with Gasteiger partial charge >= 0.3 is 24.4 Å². The largest absolute Gasteiger partial charge is 3.00 e. The van der Waals surface area contributed by atoms with Crippen LogP contribution in [0.5, 0.6) is 0 Å². The summed E-state index contributed by atoms with van der Waals surface area (Å²) in [6.45, 7) is 6.18. The van der Waals surface area contributed by atoms with Gasteiger partial charge in [0.25, 0.3) is 18.5 Å². The second-order valence-corrected chi connectivity index (χ2v) is 3.30. The summed E-state index contributed by atoms with van der Waals surface area (Å²) in [7, 11) is 0. The first-order valence-electron chi connectivity index (χ1n) is 6.32. The Hall–Kier alpha value is -1.37. The first-order valence-corrected chi connectivity index (χ1v) is 6.32. The van der Waals surface area contributed by atoms with Crippen molar-refractivity contribution < 1.29 is 43.9 Å². The van der Waals surface area contributed by atoms with Crippen LogP contribution in [0.3, 0.4) is 0 Å². The third-order valence-electron chi connectivity index (χ3n) is 1.27. The van der Waals surface area contributed by atoms with E-state index in [1.165, 1.54) is 0 Å². The molecule has 10 heteroatoms. The SMILES string of the molecule is CCCOC(=O)[O-].CCCOC(=O)[O-].CCCOC(=O)[O-].[Sb+3]. The molecule has 0 N–H and O–H groups in total. The molecule has 0 aliphatic carbocycles. The Bertz CT molecular complexity index is 229. The Labute approximate surface area is 147 Å². The molecule has 0 heterocycles. The summed E-state index contributed by atoms with van der Waals surface area (Å²) in [6.07, 6.45) is -2.22. The molecule has 0 rings (SSSR count). The van der Waals surface area contributed by atoms with Gasteiger partial charge in [-0.15, -0.1) is 0 Å². The van der Waals surface area contributed by atoms with Crippen LogP contribution in [0, 0.1) is 0 Å².